The van der Waals surface area contributed by atoms with E-state index in [1.54, 1.807) is 7.05 Å². The van der Waals surface area contributed by atoms with Crippen molar-refractivity contribution >= 4 is 17.8 Å². The number of nitrogens with one attached hydrogen (secondary N) is 4. The van der Waals surface area contributed by atoms with Crippen LogP contribution in [0.5, 0.6) is 0 Å². The lowest BCUT2D eigenvalue weighted by Gasteiger charge is -2.17. The van der Waals surface area contributed by atoms with E-state index in [2.05, 4.69) is 21.3 Å². The summed E-state index contributed by atoms with van der Waals surface area (Å²) in [4.78, 5) is 34.6. The van der Waals surface area contributed by atoms with Crippen molar-refractivity contribution in [2.24, 2.45) is 0 Å². The van der Waals surface area contributed by atoms with Crippen LogP contribution in [0.4, 0.5) is 4.79 Å². The maximum absolute atomic E-state index is 12.3. The molecule has 1 aromatic rings. The number of carbonyl (C=O) groups is 3. The monoisotopic (exact) mass is 334 g/mol. The molecule has 0 saturated heterocycles. The van der Waals surface area contributed by atoms with E-state index >= 15 is 0 Å². The molecule has 24 heavy (non-hydrogen) atoms. The first-order valence-corrected chi connectivity index (χ1v) is 8.07. The zero-order valence-electron chi connectivity index (χ0n) is 14.2. The molecule has 0 aromatic heterocycles. The largest absolute Gasteiger partial charge is 0.350 e. The van der Waals surface area contributed by atoms with Crippen LogP contribution < -0.4 is 21.3 Å². The van der Waals surface area contributed by atoms with E-state index in [1.165, 1.54) is 6.92 Å². The molecule has 0 saturated carbocycles. The average Bonchev–Trinajstić information content (AvgIpc) is 2.58. The second-order valence-electron chi connectivity index (χ2n) is 5.46. The summed E-state index contributed by atoms with van der Waals surface area (Å²) in [5.41, 5.74) is 1.00. The zero-order chi connectivity index (χ0) is 17.8. The lowest BCUT2D eigenvalue weighted by molar-refractivity contribution is -0.128. The molecule has 4 amide bonds. The fraction of sp³-hybridized carbons (Fsp3) is 0.471. The minimum Gasteiger partial charge on any atom is -0.350 e. The van der Waals surface area contributed by atoms with Gasteiger partial charge in [0.05, 0.1) is 0 Å². The van der Waals surface area contributed by atoms with Gasteiger partial charge in [-0.25, -0.2) is 4.79 Å². The summed E-state index contributed by atoms with van der Waals surface area (Å²) in [6.45, 7) is 2.34. The summed E-state index contributed by atoms with van der Waals surface area (Å²) in [6.07, 6.45) is 1.97. The molecular weight excluding hydrogens is 308 g/mol. The van der Waals surface area contributed by atoms with Gasteiger partial charge in [-0.15, -0.1) is 0 Å². The van der Waals surface area contributed by atoms with Crippen LogP contribution in [0.25, 0.3) is 0 Å². The Labute approximate surface area is 142 Å². The molecule has 4 N–H and O–H groups in total. The van der Waals surface area contributed by atoms with Crippen molar-refractivity contribution in [3.05, 3.63) is 35.9 Å². The number of hydrogen-bond donors (Lipinski definition) is 4. The fourth-order valence-electron chi connectivity index (χ4n) is 2.19. The predicted molar refractivity (Wildman–Crippen MR) is 92.2 cm³/mol. The topological polar surface area (TPSA) is 99.3 Å². The van der Waals surface area contributed by atoms with Gasteiger partial charge in [-0.05, 0) is 24.8 Å². The lowest BCUT2D eigenvalue weighted by Crippen LogP contribution is -2.45. The molecule has 7 heteroatoms. The summed E-state index contributed by atoms with van der Waals surface area (Å²) in [7, 11) is 1.55. The first kappa shape index (κ1) is 19.5. The number of unbranched alkanes of at least 4 members (excludes halogenated alkanes) is 1. The minimum atomic E-state index is -0.564. The Morgan fingerprint density at radius 2 is 1.75 bits per heavy atom. The van der Waals surface area contributed by atoms with Crippen LogP contribution in [0.15, 0.2) is 30.3 Å². The Bertz CT molecular complexity index is 534. The minimum absolute atomic E-state index is 0.201. The maximum Gasteiger partial charge on any atom is 0.314 e. The van der Waals surface area contributed by atoms with Crippen molar-refractivity contribution in [1.82, 2.24) is 21.3 Å². The van der Waals surface area contributed by atoms with E-state index in [1.807, 2.05) is 30.3 Å². The third kappa shape index (κ3) is 8.17. The highest BCUT2D eigenvalue weighted by molar-refractivity contribution is 5.86. The van der Waals surface area contributed by atoms with Gasteiger partial charge in [0.2, 0.25) is 11.8 Å². The second kappa shape index (κ2) is 11.0. The second-order valence-corrected chi connectivity index (χ2v) is 5.46. The quantitative estimate of drug-likeness (QED) is 0.505. The number of carbonyl (C=O) groups excluding carboxylic acids is 3. The number of rotatable bonds is 9. The van der Waals surface area contributed by atoms with Crippen molar-refractivity contribution in [2.45, 2.75) is 38.8 Å². The first-order chi connectivity index (χ1) is 11.5. The standard InChI is InChI=1S/C17H26N4O3/c1-13(22)21-15(10-6-7-11-19-17(24)18-2)16(23)20-12-14-8-4-3-5-9-14/h3-5,8-9,15H,6-7,10-12H2,1-2H3,(H,20,23)(H,21,22)(H2,18,19,24). The van der Waals surface area contributed by atoms with Gasteiger partial charge in [-0.3, -0.25) is 9.59 Å². The Hall–Kier alpha value is -2.57. The van der Waals surface area contributed by atoms with Gasteiger partial charge in [-0.2, -0.15) is 0 Å². The van der Waals surface area contributed by atoms with Gasteiger partial charge in [0.25, 0.3) is 0 Å². The Morgan fingerprint density at radius 1 is 1.04 bits per heavy atom. The van der Waals surface area contributed by atoms with Gasteiger partial charge in [0, 0.05) is 27.1 Å². The van der Waals surface area contributed by atoms with E-state index in [4.69, 9.17) is 0 Å². The summed E-state index contributed by atoms with van der Waals surface area (Å²) >= 11 is 0. The first-order valence-electron chi connectivity index (χ1n) is 8.07. The van der Waals surface area contributed by atoms with Gasteiger partial charge >= 0.3 is 6.03 Å². The summed E-state index contributed by atoms with van der Waals surface area (Å²) < 4.78 is 0. The number of hydrogen-bond acceptors (Lipinski definition) is 3. The van der Waals surface area contributed by atoms with Crippen molar-refractivity contribution in [2.75, 3.05) is 13.6 Å². The normalized spacial score (nSPS) is 11.2. The van der Waals surface area contributed by atoms with Crippen molar-refractivity contribution in [3.8, 4) is 0 Å². The number of amides is 4. The highest BCUT2D eigenvalue weighted by atomic mass is 16.2. The molecule has 1 rings (SSSR count). The molecule has 0 heterocycles. The molecule has 132 valence electrons. The highest BCUT2D eigenvalue weighted by Gasteiger charge is 2.18. The molecule has 0 aliphatic carbocycles. The number of urea groups is 1. The summed E-state index contributed by atoms with van der Waals surface area (Å²) in [6, 6.07) is 8.80. The smallest absolute Gasteiger partial charge is 0.314 e. The van der Waals surface area contributed by atoms with E-state index in [-0.39, 0.29) is 17.8 Å². The SMILES string of the molecule is CNC(=O)NCCCCC(NC(C)=O)C(=O)NCc1ccccc1. The van der Waals surface area contributed by atoms with Crippen LogP contribution >= 0.6 is 0 Å². The number of benzene rings is 1. The third-order valence-electron chi connectivity index (χ3n) is 3.44. The third-order valence-corrected chi connectivity index (χ3v) is 3.44. The van der Waals surface area contributed by atoms with E-state index in [9.17, 15) is 14.4 Å². The zero-order valence-corrected chi connectivity index (χ0v) is 14.2. The molecule has 1 aromatic carbocycles. The Balaban J connectivity index is 2.38. The molecule has 0 radical (unpaired) electrons. The molecule has 0 bridgehead atoms. The fourth-order valence-corrected chi connectivity index (χ4v) is 2.19. The summed E-state index contributed by atoms with van der Waals surface area (Å²) in [5, 5.41) is 10.7. The Morgan fingerprint density at radius 3 is 2.38 bits per heavy atom. The van der Waals surface area contributed by atoms with Crippen LogP contribution in [0.3, 0.4) is 0 Å². The molecule has 1 unspecified atom stereocenters. The van der Waals surface area contributed by atoms with E-state index < -0.39 is 6.04 Å². The predicted octanol–water partition coefficient (Wildman–Crippen LogP) is 0.907. The van der Waals surface area contributed by atoms with Crippen LogP contribution in [0.1, 0.15) is 31.7 Å². The highest BCUT2D eigenvalue weighted by Crippen LogP contribution is 2.03. The molecule has 0 aliphatic rings. The van der Waals surface area contributed by atoms with Crippen LogP contribution in [0, 0.1) is 0 Å². The van der Waals surface area contributed by atoms with E-state index in [0.29, 0.717) is 25.9 Å². The van der Waals surface area contributed by atoms with Gasteiger partial charge < -0.3 is 21.3 Å². The van der Waals surface area contributed by atoms with Crippen molar-refractivity contribution in [1.29, 1.82) is 0 Å². The molecule has 0 fully saturated rings. The molecule has 1 atom stereocenters. The van der Waals surface area contributed by atoms with E-state index in [0.717, 1.165) is 12.0 Å². The molecule has 0 spiro atoms. The molecular formula is C17H26N4O3. The van der Waals surface area contributed by atoms with Crippen molar-refractivity contribution in [3.63, 3.8) is 0 Å². The van der Waals surface area contributed by atoms with Crippen LogP contribution in [-0.2, 0) is 16.1 Å². The van der Waals surface area contributed by atoms with Crippen LogP contribution in [0.2, 0.25) is 0 Å². The Kier molecular flexibility index (Phi) is 8.96. The van der Waals surface area contributed by atoms with Gasteiger partial charge in [0.15, 0.2) is 0 Å². The van der Waals surface area contributed by atoms with Crippen LogP contribution in [-0.4, -0.2) is 37.5 Å². The summed E-state index contributed by atoms with van der Waals surface area (Å²) in [5.74, 6) is -0.438. The maximum atomic E-state index is 12.3. The van der Waals surface area contributed by atoms with Gasteiger partial charge in [-0.1, -0.05) is 30.3 Å². The average molecular weight is 334 g/mol. The van der Waals surface area contributed by atoms with Gasteiger partial charge in [0.1, 0.15) is 6.04 Å². The molecule has 0 aliphatic heterocycles. The molecule has 7 nitrogen and oxygen atoms in total. The lowest BCUT2D eigenvalue weighted by atomic mass is 10.1. The van der Waals surface area contributed by atoms with Crippen molar-refractivity contribution < 1.29 is 14.4 Å².